The predicted molar refractivity (Wildman–Crippen MR) is 130 cm³/mol. The van der Waals surface area contributed by atoms with Gasteiger partial charge in [0.05, 0.1) is 33.0 Å². The van der Waals surface area contributed by atoms with Crippen molar-refractivity contribution in [3.8, 4) is 5.75 Å². The van der Waals surface area contributed by atoms with E-state index in [-0.39, 0.29) is 11.1 Å². The van der Waals surface area contributed by atoms with Gasteiger partial charge in [0, 0.05) is 6.61 Å². The van der Waals surface area contributed by atoms with Crippen LogP contribution in [0.4, 0.5) is 0 Å². The molecule has 0 unspecified atom stereocenters. The van der Waals surface area contributed by atoms with E-state index in [0.29, 0.717) is 19.8 Å². The molecule has 2 aromatic rings. The number of hydrogen-bond acceptors (Lipinski definition) is 4. The lowest BCUT2D eigenvalue weighted by molar-refractivity contribution is -0.0353. The third-order valence-electron chi connectivity index (χ3n) is 6.00. The standard InChI is InChI=1S/C26H40O4Si/c1-26(2,3)31(5,6)30-18-10-13-25(21-28-19-22-11-8-7-9-12-22)29-20-23-14-16-24(27-4)17-15-23/h7-9,11-12,14-17,25H,10,13,18-21H2,1-6H3/t25-/m0/s1. The second kappa shape index (κ2) is 12.4. The third-order valence-corrected chi connectivity index (χ3v) is 10.5. The van der Waals surface area contributed by atoms with Gasteiger partial charge in [-0.25, -0.2) is 0 Å². The van der Waals surface area contributed by atoms with Gasteiger partial charge in [-0.05, 0) is 54.2 Å². The Labute approximate surface area is 190 Å². The summed E-state index contributed by atoms with van der Waals surface area (Å²) in [4.78, 5) is 0. The Morgan fingerprint density at radius 2 is 1.52 bits per heavy atom. The number of benzene rings is 2. The van der Waals surface area contributed by atoms with Crippen molar-refractivity contribution in [3.05, 3.63) is 65.7 Å². The zero-order valence-corrected chi connectivity index (χ0v) is 21.1. The maximum atomic E-state index is 6.34. The Bertz CT molecular complexity index is 738. The minimum atomic E-state index is -1.71. The SMILES string of the molecule is COc1ccc(CO[C@@H](CCCO[Si](C)(C)C(C)(C)C)COCc2ccccc2)cc1. The smallest absolute Gasteiger partial charge is 0.191 e. The first kappa shape index (κ1) is 25.6. The topological polar surface area (TPSA) is 36.9 Å². The average molecular weight is 445 g/mol. The van der Waals surface area contributed by atoms with Crippen molar-refractivity contribution in [3.63, 3.8) is 0 Å². The molecule has 1 atom stereocenters. The highest BCUT2D eigenvalue weighted by atomic mass is 28.4. The summed E-state index contributed by atoms with van der Waals surface area (Å²) in [5.74, 6) is 0.856. The van der Waals surface area contributed by atoms with E-state index in [1.807, 2.05) is 42.5 Å². The van der Waals surface area contributed by atoms with E-state index in [1.54, 1.807) is 7.11 Å². The molecule has 0 spiro atoms. The maximum absolute atomic E-state index is 6.34. The fourth-order valence-corrected chi connectivity index (χ4v) is 3.98. The molecule has 2 rings (SSSR count). The van der Waals surface area contributed by atoms with Crippen LogP contribution in [0.5, 0.6) is 5.75 Å². The summed E-state index contributed by atoms with van der Waals surface area (Å²) in [6, 6.07) is 18.3. The molecule has 0 N–H and O–H groups in total. The van der Waals surface area contributed by atoms with Gasteiger partial charge in [-0.3, -0.25) is 0 Å². The molecule has 0 saturated carbocycles. The molecule has 0 aromatic heterocycles. The normalized spacial score (nSPS) is 13.2. The van der Waals surface area contributed by atoms with Gasteiger partial charge in [0.2, 0.25) is 0 Å². The van der Waals surface area contributed by atoms with Gasteiger partial charge < -0.3 is 18.6 Å². The Morgan fingerprint density at radius 3 is 2.13 bits per heavy atom. The van der Waals surface area contributed by atoms with Crippen molar-refractivity contribution in [1.82, 2.24) is 0 Å². The zero-order chi connectivity index (χ0) is 22.7. The van der Waals surface area contributed by atoms with Crippen LogP contribution in [0.1, 0.15) is 44.7 Å². The first-order chi connectivity index (χ1) is 14.7. The number of ether oxygens (including phenoxy) is 3. The first-order valence-corrected chi connectivity index (χ1v) is 14.1. The summed E-state index contributed by atoms with van der Waals surface area (Å²) in [6.07, 6.45) is 1.92. The van der Waals surface area contributed by atoms with E-state index in [1.165, 1.54) is 5.56 Å². The summed E-state index contributed by atoms with van der Waals surface area (Å²) >= 11 is 0. The molecule has 0 radical (unpaired) electrons. The lowest BCUT2D eigenvalue weighted by Gasteiger charge is -2.36. The fraction of sp³-hybridized carbons (Fsp3) is 0.538. The van der Waals surface area contributed by atoms with Gasteiger partial charge in [-0.1, -0.05) is 63.2 Å². The molecule has 0 aliphatic rings. The van der Waals surface area contributed by atoms with Gasteiger partial charge in [-0.15, -0.1) is 0 Å². The lowest BCUT2D eigenvalue weighted by atomic mass is 10.2. The molecule has 0 aliphatic heterocycles. The summed E-state index contributed by atoms with van der Waals surface area (Å²) in [7, 11) is -0.0325. The molecule has 0 saturated heterocycles. The van der Waals surface area contributed by atoms with Crippen molar-refractivity contribution in [2.24, 2.45) is 0 Å². The van der Waals surface area contributed by atoms with Crippen LogP contribution in [0.2, 0.25) is 18.1 Å². The van der Waals surface area contributed by atoms with Crippen LogP contribution in [-0.4, -0.2) is 34.7 Å². The van der Waals surface area contributed by atoms with E-state index < -0.39 is 8.32 Å². The van der Waals surface area contributed by atoms with Gasteiger partial charge in [-0.2, -0.15) is 0 Å². The molecule has 0 bridgehead atoms. The summed E-state index contributed by atoms with van der Waals surface area (Å²) in [5, 5.41) is 0.232. The van der Waals surface area contributed by atoms with Gasteiger partial charge in [0.25, 0.3) is 0 Å². The Hall–Kier alpha value is -1.66. The molecule has 31 heavy (non-hydrogen) atoms. The van der Waals surface area contributed by atoms with E-state index in [4.69, 9.17) is 18.6 Å². The largest absolute Gasteiger partial charge is 0.497 e. The van der Waals surface area contributed by atoms with Crippen molar-refractivity contribution < 1.29 is 18.6 Å². The quantitative estimate of drug-likeness (QED) is 0.258. The molecule has 0 fully saturated rings. The van der Waals surface area contributed by atoms with Crippen molar-refractivity contribution in [1.29, 1.82) is 0 Å². The molecule has 0 heterocycles. The van der Waals surface area contributed by atoms with Crippen molar-refractivity contribution in [2.45, 2.75) is 71.1 Å². The van der Waals surface area contributed by atoms with Gasteiger partial charge in [0.1, 0.15) is 5.75 Å². The molecule has 0 amide bonds. The van der Waals surface area contributed by atoms with Crippen LogP contribution in [0.15, 0.2) is 54.6 Å². The molecule has 172 valence electrons. The minimum Gasteiger partial charge on any atom is -0.497 e. The number of methoxy groups -OCH3 is 1. The molecule has 2 aromatic carbocycles. The molecular weight excluding hydrogens is 404 g/mol. The number of hydrogen-bond donors (Lipinski definition) is 0. The Kier molecular flexibility index (Phi) is 10.2. The van der Waals surface area contributed by atoms with Crippen LogP contribution in [0.25, 0.3) is 0 Å². The van der Waals surface area contributed by atoms with E-state index >= 15 is 0 Å². The van der Waals surface area contributed by atoms with Crippen molar-refractivity contribution in [2.75, 3.05) is 20.3 Å². The first-order valence-electron chi connectivity index (χ1n) is 11.2. The predicted octanol–water partition coefficient (Wildman–Crippen LogP) is 6.60. The lowest BCUT2D eigenvalue weighted by Crippen LogP contribution is -2.41. The van der Waals surface area contributed by atoms with Gasteiger partial charge >= 0.3 is 0 Å². The highest BCUT2D eigenvalue weighted by molar-refractivity contribution is 6.74. The van der Waals surface area contributed by atoms with Crippen LogP contribution in [-0.2, 0) is 27.1 Å². The third kappa shape index (κ3) is 9.15. The highest BCUT2D eigenvalue weighted by Crippen LogP contribution is 2.36. The summed E-state index contributed by atoms with van der Waals surface area (Å²) < 4.78 is 23.8. The monoisotopic (exact) mass is 444 g/mol. The molecular formula is C26H40O4Si. The van der Waals surface area contributed by atoms with E-state index in [0.717, 1.165) is 30.8 Å². The number of rotatable bonds is 13. The van der Waals surface area contributed by atoms with Crippen LogP contribution >= 0.6 is 0 Å². The maximum Gasteiger partial charge on any atom is 0.191 e. The highest BCUT2D eigenvalue weighted by Gasteiger charge is 2.36. The summed E-state index contributed by atoms with van der Waals surface area (Å²) in [5.41, 5.74) is 2.31. The minimum absolute atomic E-state index is 0.0360. The second-order valence-electron chi connectivity index (χ2n) is 9.53. The van der Waals surface area contributed by atoms with E-state index in [9.17, 15) is 0 Å². The van der Waals surface area contributed by atoms with Gasteiger partial charge in [0.15, 0.2) is 8.32 Å². The zero-order valence-electron chi connectivity index (χ0n) is 20.1. The van der Waals surface area contributed by atoms with E-state index in [2.05, 4.69) is 46.0 Å². The fourth-order valence-electron chi connectivity index (χ4n) is 2.89. The Morgan fingerprint density at radius 1 is 0.871 bits per heavy atom. The van der Waals surface area contributed by atoms with Crippen LogP contribution < -0.4 is 4.74 Å². The summed E-state index contributed by atoms with van der Waals surface area (Å²) in [6.45, 7) is 13.9. The van der Waals surface area contributed by atoms with Crippen LogP contribution in [0, 0.1) is 0 Å². The second-order valence-corrected chi connectivity index (χ2v) is 14.3. The molecule has 5 heteroatoms. The molecule has 4 nitrogen and oxygen atoms in total. The average Bonchev–Trinajstić information content (AvgIpc) is 2.74. The van der Waals surface area contributed by atoms with Crippen molar-refractivity contribution >= 4 is 8.32 Å². The van der Waals surface area contributed by atoms with Crippen LogP contribution in [0.3, 0.4) is 0 Å². The molecule has 0 aliphatic carbocycles. The Balaban J connectivity index is 1.84.